The highest BCUT2D eigenvalue weighted by atomic mass is 16.1. The van der Waals surface area contributed by atoms with Crippen LogP contribution in [0.3, 0.4) is 0 Å². The predicted molar refractivity (Wildman–Crippen MR) is 120 cm³/mol. The molecule has 3 aromatic rings. The average Bonchev–Trinajstić information content (AvgIpc) is 2.75. The van der Waals surface area contributed by atoms with Crippen LogP contribution in [0.5, 0.6) is 0 Å². The topological polar surface area (TPSA) is 48.5 Å². The molecule has 1 aliphatic heterocycles. The van der Waals surface area contributed by atoms with Crippen LogP contribution < -0.4 is 10.2 Å². The summed E-state index contributed by atoms with van der Waals surface area (Å²) < 4.78 is 0. The lowest BCUT2D eigenvalue weighted by atomic mass is 10.1. The number of fused-ring (bicyclic) bond motifs is 1. The Balaban J connectivity index is 1.43. The Morgan fingerprint density at radius 3 is 2.62 bits per heavy atom. The van der Waals surface area contributed by atoms with Gasteiger partial charge in [-0.15, -0.1) is 0 Å². The zero-order valence-electron chi connectivity index (χ0n) is 17.2. The lowest BCUT2D eigenvalue weighted by Crippen LogP contribution is -2.46. The van der Waals surface area contributed by atoms with E-state index >= 15 is 0 Å². The molecule has 1 saturated heterocycles. The molecule has 150 valence electrons. The van der Waals surface area contributed by atoms with Crippen molar-refractivity contribution in [3.63, 3.8) is 0 Å². The van der Waals surface area contributed by atoms with E-state index in [0.29, 0.717) is 6.42 Å². The van der Waals surface area contributed by atoms with Crippen molar-refractivity contribution in [2.24, 2.45) is 0 Å². The highest BCUT2D eigenvalue weighted by Crippen LogP contribution is 2.24. The number of benzene rings is 2. The number of pyridine rings is 1. The molecular weight excluding hydrogens is 360 g/mol. The van der Waals surface area contributed by atoms with Crippen LogP contribution in [0.2, 0.25) is 0 Å². The molecule has 0 atom stereocenters. The van der Waals surface area contributed by atoms with Crippen LogP contribution in [0, 0.1) is 6.92 Å². The van der Waals surface area contributed by atoms with Gasteiger partial charge >= 0.3 is 0 Å². The molecule has 0 spiro atoms. The third kappa shape index (κ3) is 4.40. The molecule has 2 aromatic carbocycles. The second-order valence-electron chi connectivity index (χ2n) is 7.64. The molecule has 1 aliphatic rings. The van der Waals surface area contributed by atoms with E-state index < -0.39 is 0 Å². The summed E-state index contributed by atoms with van der Waals surface area (Å²) in [7, 11) is 0. The van der Waals surface area contributed by atoms with Gasteiger partial charge in [-0.1, -0.05) is 31.2 Å². The molecule has 0 saturated carbocycles. The smallest absolute Gasteiger partial charge is 0.228 e. The van der Waals surface area contributed by atoms with Gasteiger partial charge in [-0.2, -0.15) is 0 Å². The number of aryl methyl sites for hydroxylation is 1. The zero-order valence-corrected chi connectivity index (χ0v) is 17.2. The van der Waals surface area contributed by atoms with Gasteiger partial charge in [0.15, 0.2) is 0 Å². The number of nitrogens with one attached hydrogen (secondary N) is 1. The Kier molecular flexibility index (Phi) is 5.76. The summed E-state index contributed by atoms with van der Waals surface area (Å²) in [5, 5.41) is 4.13. The third-order valence-electron chi connectivity index (χ3n) is 5.74. The maximum Gasteiger partial charge on any atom is 0.228 e. The quantitative estimate of drug-likeness (QED) is 0.721. The van der Waals surface area contributed by atoms with E-state index in [9.17, 15) is 4.79 Å². The number of para-hydroxylation sites is 1. The van der Waals surface area contributed by atoms with Crippen LogP contribution in [0.15, 0.2) is 54.7 Å². The highest BCUT2D eigenvalue weighted by Gasteiger charge is 2.17. The number of carbonyl (C=O) groups is 1. The van der Waals surface area contributed by atoms with Gasteiger partial charge in [0.1, 0.15) is 0 Å². The van der Waals surface area contributed by atoms with Crippen molar-refractivity contribution in [3.8, 4) is 0 Å². The average molecular weight is 389 g/mol. The summed E-state index contributed by atoms with van der Waals surface area (Å²) in [4.78, 5) is 22.0. The number of likely N-dealkylation sites (N-methyl/N-ethyl adjacent to an activating group) is 1. The van der Waals surface area contributed by atoms with Gasteiger partial charge in [-0.25, -0.2) is 0 Å². The van der Waals surface area contributed by atoms with Gasteiger partial charge in [0.05, 0.1) is 11.9 Å². The molecule has 1 aromatic heterocycles. The van der Waals surface area contributed by atoms with E-state index in [2.05, 4.69) is 46.1 Å². The lowest BCUT2D eigenvalue weighted by Gasteiger charge is -2.35. The minimum absolute atomic E-state index is 0.0180. The summed E-state index contributed by atoms with van der Waals surface area (Å²) in [6, 6.07) is 16.2. The van der Waals surface area contributed by atoms with Gasteiger partial charge < -0.3 is 15.1 Å². The van der Waals surface area contributed by atoms with Gasteiger partial charge in [0.2, 0.25) is 5.91 Å². The van der Waals surface area contributed by atoms with E-state index in [1.807, 2.05) is 36.4 Å². The number of amides is 1. The van der Waals surface area contributed by atoms with Crippen LogP contribution in [-0.2, 0) is 11.2 Å². The number of hydrogen-bond acceptors (Lipinski definition) is 4. The van der Waals surface area contributed by atoms with Crippen molar-refractivity contribution >= 4 is 28.2 Å². The predicted octanol–water partition coefficient (Wildman–Crippen LogP) is 3.87. The number of rotatable bonds is 5. The molecule has 0 unspecified atom stereocenters. The first kappa shape index (κ1) is 19.4. The maximum absolute atomic E-state index is 12.7. The summed E-state index contributed by atoms with van der Waals surface area (Å²) >= 11 is 0. The molecule has 0 bridgehead atoms. The number of hydrogen-bond donors (Lipinski definition) is 1. The van der Waals surface area contributed by atoms with Crippen molar-refractivity contribution in [2.75, 3.05) is 42.9 Å². The fourth-order valence-electron chi connectivity index (χ4n) is 3.98. The molecule has 5 heteroatoms. The Hall–Kier alpha value is -2.92. The summed E-state index contributed by atoms with van der Waals surface area (Å²) in [6.07, 6.45) is 2.08. The Morgan fingerprint density at radius 1 is 1.07 bits per heavy atom. The number of carbonyl (C=O) groups excluding carboxylic acids is 1. The molecule has 1 N–H and O–H groups in total. The molecule has 0 aliphatic carbocycles. The largest absolute Gasteiger partial charge is 0.369 e. The van der Waals surface area contributed by atoms with Gasteiger partial charge in [0.25, 0.3) is 0 Å². The van der Waals surface area contributed by atoms with Gasteiger partial charge in [-0.3, -0.25) is 9.78 Å². The molecule has 1 fully saturated rings. The van der Waals surface area contributed by atoms with E-state index in [1.54, 1.807) is 6.20 Å². The van der Waals surface area contributed by atoms with Crippen LogP contribution in [0.1, 0.15) is 18.1 Å². The molecule has 1 amide bonds. The van der Waals surface area contributed by atoms with E-state index in [-0.39, 0.29) is 5.91 Å². The fourth-order valence-corrected chi connectivity index (χ4v) is 3.98. The Labute approximate surface area is 172 Å². The molecule has 4 rings (SSSR count). The van der Waals surface area contributed by atoms with E-state index in [4.69, 9.17) is 0 Å². The van der Waals surface area contributed by atoms with Crippen LogP contribution >= 0.6 is 0 Å². The highest BCUT2D eigenvalue weighted by molar-refractivity contribution is 5.95. The maximum atomic E-state index is 12.7. The van der Waals surface area contributed by atoms with Crippen LogP contribution in [0.4, 0.5) is 11.4 Å². The first-order chi connectivity index (χ1) is 14.1. The molecule has 29 heavy (non-hydrogen) atoms. The van der Waals surface area contributed by atoms with Crippen LogP contribution in [-0.4, -0.2) is 48.5 Å². The van der Waals surface area contributed by atoms with Crippen molar-refractivity contribution in [3.05, 3.63) is 65.9 Å². The Morgan fingerprint density at radius 2 is 1.86 bits per heavy atom. The Bertz CT molecular complexity index is 1000. The van der Waals surface area contributed by atoms with Crippen molar-refractivity contribution in [1.29, 1.82) is 0 Å². The summed E-state index contributed by atoms with van der Waals surface area (Å²) in [6.45, 7) is 9.69. The van der Waals surface area contributed by atoms with Crippen molar-refractivity contribution in [2.45, 2.75) is 20.3 Å². The van der Waals surface area contributed by atoms with E-state index in [0.717, 1.165) is 60.4 Å². The van der Waals surface area contributed by atoms with Gasteiger partial charge in [-0.05, 0) is 48.9 Å². The monoisotopic (exact) mass is 388 g/mol. The number of aromatic nitrogens is 1. The normalized spacial score (nSPS) is 14.9. The minimum atomic E-state index is -0.0180. The van der Waals surface area contributed by atoms with Crippen LogP contribution in [0.25, 0.3) is 10.9 Å². The molecule has 5 nitrogen and oxygen atoms in total. The second kappa shape index (κ2) is 8.62. The second-order valence-corrected chi connectivity index (χ2v) is 7.64. The summed E-state index contributed by atoms with van der Waals surface area (Å²) in [5.41, 5.74) is 5.03. The van der Waals surface area contributed by atoms with Gasteiger partial charge in [0, 0.05) is 49.1 Å². The first-order valence-electron chi connectivity index (χ1n) is 10.3. The lowest BCUT2D eigenvalue weighted by molar-refractivity contribution is -0.115. The number of nitrogens with zero attached hydrogens (tertiary/aromatic N) is 3. The SMILES string of the molecule is CCN1CCN(c2ccc(NC(=O)Cc3cccc4cccnc34)c(C)c2)CC1. The fraction of sp³-hybridized carbons (Fsp3) is 0.333. The van der Waals surface area contributed by atoms with Crippen molar-refractivity contribution < 1.29 is 4.79 Å². The minimum Gasteiger partial charge on any atom is -0.369 e. The van der Waals surface area contributed by atoms with E-state index in [1.165, 1.54) is 5.69 Å². The van der Waals surface area contributed by atoms with Crippen molar-refractivity contribution in [1.82, 2.24) is 9.88 Å². The molecular formula is C24H28N4O. The first-order valence-corrected chi connectivity index (χ1v) is 10.3. The number of anilines is 2. The third-order valence-corrected chi connectivity index (χ3v) is 5.74. The molecule has 2 heterocycles. The standard InChI is InChI=1S/C24H28N4O/c1-3-27-12-14-28(15-13-27)21-9-10-22(18(2)16-21)26-23(29)17-20-7-4-6-19-8-5-11-25-24(19)20/h4-11,16H,3,12-15,17H2,1-2H3,(H,26,29). The number of piperazine rings is 1. The zero-order chi connectivity index (χ0) is 20.2. The summed E-state index contributed by atoms with van der Waals surface area (Å²) in [5.74, 6) is -0.0180. The molecule has 0 radical (unpaired) electrons.